The van der Waals surface area contributed by atoms with Crippen LogP contribution in [-0.2, 0) is 29.6 Å². The molecule has 5 N–H and O–H groups in total. The van der Waals surface area contributed by atoms with E-state index in [1.54, 1.807) is 0 Å². The molecule has 30 heavy (non-hydrogen) atoms. The van der Waals surface area contributed by atoms with Crippen molar-refractivity contribution >= 4 is 38.2 Å². The fourth-order valence-corrected chi connectivity index (χ4v) is 5.47. The summed E-state index contributed by atoms with van der Waals surface area (Å²) in [6.45, 7) is 5.12. The Kier molecular flexibility index (Phi) is 11.7. The summed E-state index contributed by atoms with van der Waals surface area (Å²) in [5.41, 5.74) is 0. The molecule has 3 heterocycles. The van der Waals surface area contributed by atoms with Gasteiger partial charge in [0.2, 0.25) is 20.0 Å². The zero-order valence-corrected chi connectivity index (χ0v) is 19.7. The van der Waals surface area contributed by atoms with Gasteiger partial charge in [-0.15, -0.1) is 12.4 Å². The maximum atomic E-state index is 10.9. The maximum Gasteiger partial charge on any atom is 0.209 e. The smallest absolute Gasteiger partial charge is 0.209 e. The molecular weight excluding hydrogens is 456 g/mol. The van der Waals surface area contributed by atoms with Crippen molar-refractivity contribution in [2.45, 2.75) is 38.1 Å². The summed E-state index contributed by atoms with van der Waals surface area (Å²) < 4.78 is 47.9. The number of primary sulfonamides is 2. The molecule has 1 saturated carbocycles. The Morgan fingerprint density at radius 2 is 1.57 bits per heavy atom. The first-order valence-corrected chi connectivity index (χ1v) is 13.5. The fourth-order valence-electron chi connectivity index (χ4n) is 3.60. The standard InChI is InChI=1S/C8H16N2O3S.C5H12N2O2S.C4H6O.ClH/c9-14(11,12)6-7-1-2-10(3-7)8-4-13-5-8;6-10(8,9)4-5-1-2-7-3-5;5-4-2-1-3-4;/h7-8H,1-6H2,(H2,9,11,12);5,7H,1-4H2,(H2,6,8,9);1-3H2;1H. The van der Waals surface area contributed by atoms with Gasteiger partial charge in [-0.3, -0.25) is 9.69 Å². The first kappa shape index (κ1) is 27.7. The van der Waals surface area contributed by atoms with E-state index in [2.05, 4.69) is 10.2 Å². The SMILES string of the molecule is Cl.NS(=O)(=O)CC1CCN(C2COC2)C1.NS(=O)(=O)CC1CCNC1.O=C1CCC1. The Labute approximate surface area is 186 Å². The van der Waals surface area contributed by atoms with Crippen molar-refractivity contribution in [1.29, 1.82) is 0 Å². The number of ketones is 1. The number of carbonyl (C=O) groups excluding carboxylic acids is 1. The van der Waals surface area contributed by atoms with Crippen LogP contribution in [-0.4, -0.2) is 84.5 Å². The Hall–Kier alpha value is -0.340. The van der Waals surface area contributed by atoms with Crippen molar-refractivity contribution in [3.63, 3.8) is 0 Å². The molecule has 0 spiro atoms. The normalized spacial score (nSPS) is 26.9. The lowest BCUT2D eigenvalue weighted by atomic mass is 9.99. The number of hydrogen-bond acceptors (Lipinski definition) is 8. The molecule has 2 unspecified atom stereocenters. The number of nitrogens with zero attached hydrogens (tertiary/aromatic N) is 1. The van der Waals surface area contributed by atoms with Crippen molar-refractivity contribution in [3.8, 4) is 0 Å². The summed E-state index contributed by atoms with van der Waals surface area (Å²) >= 11 is 0. The number of likely N-dealkylation sites (tertiary alicyclic amines) is 1. The average Bonchev–Trinajstić information content (AvgIpc) is 3.14. The third-order valence-electron chi connectivity index (χ3n) is 5.46. The van der Waals surface area contributed by atoms with Gasteiger partial charge < -0.3 is 10.1 Å². The van der Waals surface area contributed by atoms with Crippen LogP contribution < -0.4 is 15.6 Å². The summed E-state index contributed by atoms with van der Waals surface area (Å²) in [6, 6.07) is 0.514. The van der Waals surface area contributed by atoms with E-state index in [4.69, 9.17) is 15.0 Å². The van der Waals surface area contributed by atoms with Gasteiger partial charge in [0.05, 0.1) is 30.8 Å². The van der Waals surface area contributed by atoms with Gasteiger partial charge in [-0.05, 0) is 50.7 Å². The number of hydrogen-bond donors (Lipinski definition) is 3. The van der Waals surface area contributed by atoms with E-state index < -0.39 is 20.0 Å². The van der Waals surface area contributed by atoms with Crippen LogP contribution in [0.2, 0.25) is 0 Å². The van der Waals surface area contributed by atoms with E-state index in [0.29, 0.717) is 11.8 Å². The van der Waals surface area contributed by atoms with E-state index in [0.717, 1.165) is 71.5 Å². The summed E-state index contributed by atoms with van der Waals surface area (Å²) in [6.07, 6.45) is 4.70. The van der Waals surface area contributed by atoms with Gasteiger partial charge in [-0.2, -0.15) is 0 Å². The van der Waals surface area contributed by atoms with Crippen LogP contribution in [0.4, 0.5) is 0 Å². The zero-order chi connectivity index (χ0) is 21.5. The minimum Gasteiger partial charge on any atom is -0.378 e. The summed E-state index contributed by atoms with van der Waals surface area (Å²) in [4.78, 5) is 12.2. The summed E-state index contributed by atoms with van der Waals surface area (Å²) in [7, 11) is -6.55. The van der Waals surface area contributed by atoms with Gasteiger partial charge in [0, 0.05) is 19.4 Å². The predicted octanol–water partition coefficient (Wildman–Crippen LogP) is -0.959. The molecule has 0 radical (unpaired) electrons. The predicted molar refractivity (Wildman–Crippen MR) is 117 cm³/mol. The van der Waals surface area contributed by atoms with E-state index >= 15 is 0 Å². The highest BCUT2D eigenvalue weighted by molar-refractivity contribution is 7.89. The second kappa shape index (κ2) is 12.6. The van der Waals surface area contributed by atoms with Crippen LogP contribution in [0.5, 0.6) is 0 Å². The van der Waals surface area contributed by atoms with Gasteiger partial charge in [-0.25, -0.2) is 27.1 Å². The molecule has 0 aromatic carbocycles. The molecule has 2 atom stereocenters. The molecule has 0 aromatic rings. The third kappa shape index (κ3) is 11.3. The van der Waals surface area contributed by atoms with E-state index in [-0.39, 0.29) is 35.7 Å². The van der Waals surface area contributed by atoms with Gasteiger partial charge in [0.25, 0.3) is 0 Å². The Balaban J connectivity index is 0.000000246. The number of nitrogens with one attached hydrogen (secondary N) is 1. The minimum atomic E-state index is -3.30. The topological polar surface area (TPSA) is 162 Å². The van der Waals surface area contributed by atoms with E-state index in [1.807, 2.05) is 0 Å². The first-order valence-electron chi connectivity index (χ1n) is 10.1. The Morgan fingerprint density at radius 3 is 1.93 bits per heavy atom. The van der Waals surface area contributed by atoms with Crippen LogP contribution >= 0.6 is 12.4 Å². The van der Waals surface area contributed by atoms with Crippen LogP contribution in [0.25, 0.3) is 0 Å². The van der Waals surface area contributed by atoms with E-state index in [9.17, 15) is 21.6 Å². The van der Waals surface area contributed by atoms with Crippen molar-refractivity contribution < 1.29 is 26.4 Å². The van der Waals surface area contributed by atoms with Gasteiger partial charge in [0.1, 0.15) is 5.78 Å². The molecule has 0 bridgehead atoms. The molecule has 10 nitrogen and oxygen atoms in total. The monoisotopic (exact) mass is 490 g/mol. The van der Waals surface area contributed by atoms with Gasteiger partial charge in [0.15, 0.2) is 0 Å². The lowest BCUT2D eigenvalue weighted by Gasteiger charge is -2.34. The Bertz CT molecular complexity index is 733. The van der Waals surface area contributed by atoms with Crippen molar-refractivity contribution in [3.05, 3.63) is 0 Å². The number of halogens is 1. The molecule has 0 aromatic heterocycles. The fraction of sp³-hybridized carbons (Fsp3) is 0.941. The molecule has 4 aliphatic rings. The van der Waals surface area contributed by atoms with Gasteiger partial charge in [-0.1, -0.05) is 0 Å². The number of ether oxygens (including phenoxy) is 1. The molecule has 3 saturated heterocycles. The zero-order valence-electron chi connectivity index (χ0n) is 17.2. The second-order valence-electron chi connectivity index (χ2n) is 8.25. The summed E-state index contributed by atoms with van der Waals surface area (Å²) in [5, 5.41) is 12.9. The van der Waals surface area contributed by atoms with Crippen molar-refractivity contribution in [2.24, 2.45) is 22.1 Å². The molecule has 4 rings (SSSR count). The molecule has 0 amide bonds. The highest BCUT2D eigenvalue weighted by atomic mass is 35.5. The highest BCUT2D eigenvalue weighted by Crippen LogP contribution is 2.22. The lowest BCUT2D eigenvalue weighted by molar-refractivity contribution is -0.123. The van der Waals surface area contributed by atoms with Crippen molar-refractivity contribution in [1.82, 2.24) is 10.2 Å². The number of sulfonamides is 2. The highest BCUT2D eigenvalue weighted by Gasteiger charge is 2.33. The average molecular weight is 491 g/mol. The second-order valence-corrected chi connectivity index (χ2v) is 11.6. The molecule has 3 aliphatic heterocycles. The number of carbonyl (C=O) groups is 1. The largest absolute Gasteiger partial charge is 0.378 e. The first-order chi connectivity index (χ1) is 13.5. The summed E-state index contributed by atoms with van der Waals surface area (Å²) in [5.74, 6) is 1.13. The third-order valence-corrected chi connectivity index (χ3v) is 7.34. The molecule has 178 valence electrons. The molecular formula is C17H35ClN4O6S2. The molecule has 13 heteroatoms. The minimum absolute atomic E-state index is 0. The number of nitrogens with two attached hydrogens (primary N) is 2. The van der Waals surface area contributed by atoms with Crippen LogP contribution in [0.1, 0.15) is 32.1 Å². The maximum absolute atomic E-state index is 10.9. The quantitative estimate of drug-likeness (QED) is 0.443. The Morgan fingerprint density at radius 1 is 1.00 bits per heavy atom. The van der Waals surface area contributed by atoms with Crippen LogP contribution in [0.15, 0.2) is 0 Å². The number of rotatable bonds is 5. The molecule has 4 fully saturated rings. The van der Waals surface area contributed by atoms with Crippen LogP contribution in [0.3, 0.4) is 0 Å². The van der Waals surface area contributed by atoms with Gasteiger partial charge >= 0.3 is 0 Å². The lowest BCUT2D eigenvalue weighted by Crippen LogP contribution is -2.48. The van der Waals surface area contributed by atoms with E-state index in [1.165, 1.54) is 0 Å². The van der Waals surface area contributed by atoms with Crippen LogP contribution in [0, 0.1) is 11.8 Å². The number of Topliss-reactive ketones (excluding diaryl/α,β-unsaturated/α-hetero) is 1. The van der Waals surface area contributed by atoms with Crippen molar-refractivity contribution in [2.75, 3.05) is 50.9 Å². The molecule has 1 aliphatic carbocycles.